The van der Waals surface area contributed by atoms with Crippen molar-refractivity contribution in [3.63, 3.8) is 0 Å². The molecule has 0 aliphatic carbocycles. The van der Waals surface area contributed by atoms with Crippen LogP contribution < -0.4 is 15.5 Å². The van der Waals surface area contributed by atoms with E-state index in [0.29, 0.717) is 17.1 Å². The summed E-state index contributed by atoms with van der Waals surface area (Å²) in [5.74, 6) is -0.281. The van der Waals surface area contributed by atoms with Crippen LogP contribution in [0, 0.1) is 0 Å². The van der Waals surface area contributed by atoms with Gasteiger partial charge in [0.2, 0.25) is 10.0 Å². The number of sulfonamides is 1. The summed E-state index contributed by atoms with van der Waals surface area (Å²) in [6, 6.07) is 16.1. The molecule has 2 heterocycles. The third-order valence-corrected chi connectivity index (χ3v) is 7.23. The molecule has 2 atom stereocenters. The highest BCUT2D eigenvalue weighted by Gasteiger charge is 2.44. The Balaban J connectivity index is 1.52. The number of ether oxygens (including phenoxy) is 1. The second kappa shape index (κ2) is 10.00. The molecule has 1 aliphatic rings. The lowest BCUT2D eigenvalue weighted by molar-refractivity contribution is -0.132. The van der Waals surface area contributed by atoms with Crippen LogP contribution in [0.2, 0.25) is 0 Å². The lowest BCUT2D eigenvalue weighted by Crippen LogP contribution is -2.45. The molecule has 0 radical (unpaired) electrons. The fourth-order valence-electron chi connectivity index (χ4n) is 3.69. The number of rotatable bonds is 7. The van der Waals surface area contributed by atoms with Crippen molar-refractivity contribution in [3.8, 4) is 11.5 Å². The normalized spacial score (nSPS) is 18.3. The van der Waals surface area contributed by atoms with E-state index < -0.39 is 33.9 Å². The Morgan fingerprint density at radius 1 is 1.00 bits per heavy atom. The minimum absolute atomic E-state index is 0.00712. The quantitative estimate of drug-likeness (QED) is 0.346. The number of carbonyl (C=O) groups is 2. The fraction of sp³-hybridized carbons (Fsp3) is 0.174. The second-order valence-electron chi connectivity index (χ2n) is 7.60. The van der Waals surface area contributed by atoms with Gasteiger partial charge in [0.1, 0.15) is 17.5 Å². The molecule has 11 heteroatoms. The van der Waals surface area contributed by atoms with Crippen LogP contribution in [0.15, 0.2) is 84.0 Å². The molecular formula is C23H22N4O6S. The van der Waals surface area contributed by atoms with Gasteiger partial charge in [-0.05, 0) is 55.0 Å². The standard InChI is InChI=1S/C23H22N4O6S/c28-22(16-5-4-12-24-14-16)25-17-13-21(23(29)26-30)27(15-17)34(31,32)20-10-8-19(9-11-20)33-18-6-2-1-3-7-18/h1-12,14,17,21,30H,13,15H2,(H,25,28)(H,26,29)/t17-,21-/m0/s1. The largest absolute Gasteiger partial charge is 0.457 e. The Labute approximate surface area is 196 Å². The average Bonchev–Trinajstić information content (AvgIpc) is 3.30. The molecule has 2 amide bonds. The first-order valence-corrected chi connectivity index (χ1v) is 11.8. The van der Waals surface area contributed by atoms with Crippen LogP contribution >= 0.6 is 0 Å². The monoisotopic (exact) mass is 482 g/mol. The maximum Gasteiger partial charge on any atom is 0.261 e. The Kier molecular flexibility index (Phi) is 6.87. The van der Waals surface area contributed by atoms with Gasteiger partial charge in [-0.3, -0.25) is 19.8 Å². The van der Waals surface area contributed by atoms with Crippen LogP contribution in [0.1, 0.15) is 16.8 Å². The van der Waals surface area contributed by atoms with Crippen LogP contribution in [-0.2, 0) is 14.8 Å². The van der Waals surface area contributed by atoms with E-state index in [4.69, 9.17) is 9.94 Å². The van der Waals surface area contributed by atoms with Crippen molar-refractivity contribution in [2.24, 2.45) is 0 Å². The minimum atomic E-state index is -4.12. The number of amides is 2. The molecule has 176 valence electrons. The van der Waals surface area contributed by atoms with E-state index in [2.05, 4.69) is 10.3 Å². The second-order valence-corrected chi connectivity index (χ2v) is 9.49. The van der Waals surface area contributed by atoms with Crippen molar-refractivity contribution in [1.29, 1.82) is 0 Å². The molecule has 1 aliphatic heterocycles. The van der Waals surface area contributed by atoms with Crippen LogP contribution in [0.3, 0.4) is 0 Å². The number of carbonyl (C=O) groups excluding carboxylic acids is 2. The molecule has 0 bridgehead atoms. The first-order chi connectivity index (χ1) is 16.4. The molecule has 2 aromatic carbocycles. The summed E-state index contributed by atoms with van der Waals surface area (Å²) in [4.78, 5) is 28.6. The van der Waals surface area contributed by atoms with Gasteiger partial charge in [-0.2, -0.15) is 4.31 Å². The van der Waals surface area contributed by atoms with E-state index in [1.165, 1.54) is 42.1 Å². The number of hydroxylamine groups is 1. The van der Waals surface area contributed by atoms with Crippen LogP contribution in [0.4, 0.5) is 0 Å². The third kappa shape index (κ3) is 5.06. The van der Waals surface area contributed by atoms with Gasteiger partial charge in [-0.15, -0.1) is 0 Å². The summed E-state index contributed by atoms with van der Waals surface area (Å²) in [6.07, 6.45) is 2.90. The fourth-order valence-corrected chi connectivity index (χ4v) is 5.34. The molecular weight excluding hydrogens is 460 g/mol. The minimum Gasteiger partial charge on any atom is -0.457 e. The summed E-state index contributed by atoms with van der Waals surface area (Å²) >= 11 is 0. The molecule has 1 saturated heterocycles. The van der Waals surface area contributed by atoms with E-state index in [0.717, 1.165) is 4.31 Å². The third-order valence-electron chi connectivity index (χ3n) is 5.34. The molecule has 34 heavy (non-hydrogen) atoms. The van der Waals surface area contributed by atoms with Gasteiger partial charge in [0.15, 0.2) is 0 Å². The van der Waals surface area contributed by atoms with Crippen LogP contribution in [-0.4, -0.2) is 53.4 Å². The average molecular weight is 483 g/mol. The molecule has 0 unspecified atom stereocenters. The Morgan fingerprint density at radius 2 is 1.71 bits per heavy atom. The Morgan fingerprint density at radius 3 is 2.35 bits per heavy atom. The lowest BCUT2D eigenvalue weighted by atomic mass is 10.1. The molecule has 0 saturated carbocycles. The van der Waals surface area contributed by atoms with Gasteiger partial charge < -0.3 is 10.1 Å². The van der Waals surface area contributed by atoms with Gasteiger partial charge >= 0.3 is 0 Å². The van der Waals surface area contributed by atoms with Gasteiger partial charge in [-0.25, -0.2) is 13.9 Å². The number of hydrogen-bond acceptors (Lipinski definition) is 7. The zero-order valence-electron chi connectivity index (χ0n) is 17.9. The summed E-state index contributed by atoms with van der Waals surface area (Å²) in [5, 5.41) is 11.9. The number of aromatic nitrogens is 1. The number of nitrogens with zero attached hydrogens (tertiary/aromatic N) is 2. The van der Waals surface area contributed by atoms with Crippen molar-refractivity contribution >= 4 is 21.8 Å². The highest BCUT2D eigenvalue weighted by atomic mass is 32.2. The number of benzene rings is 2. The van der Waals surface area contributed by atoms with Gasteiger partial charge in [0.25, 0.3) is 11.8 Å². The predicted octanol–water partition coefficient (Wildman–Crippen LogP) is 1.94. The lowest BCUT2D eigenvalue weighted by Gasteiger charge is -2.22. The highest BCUT2D eigenvalue weighted by Crippen LogP contribution is 2.29. The van der Waals surface area contributed by atoms with Crippen molar-refractivity contribution in [2.75, 3.05) is 6.54 Å². The van der Waals surface area contributed by atoms with Crippen molar-refractivity contribution in [2.45, 2.75) is 23.4 Å². The molecule has 10 nitrogen and oxygen atoms in total. The van der Waals surface area contributed by atoms with Crippen LogP contribution in [0.25, 0.3) is 0 Å². The van der Waals surface area contributed by atoms with Crippen LogP contribution in [0.5, 0.6) is 11.5 Å². The maximum absolute atomic E-state index is 13.3. The highest BCUT2D eigenvalue weighted by molar-refractivity contribution is 7.89. The number of para-hydroxylation sites is 1. The number of nitrogens with one attached hydrogen (secondary N) is 2. The molecule has 4 rings (SSSR count). The molecule has 1 aromatic heterocycles. The Hall–Kier alpha value is -3.80. The predicted molar refractivity (Wildman–Crippen MR) is 121 cm³/mol. The molecule has 1 fully saturated rings. The van der Waals surface area contributed by atoms with Crippen molar-refractivity contribution in [1.82, 2.24) is 20.1 Å². The van der Waals surface area contributed by atoms with Crippen molar-refractivity contribution < 1.29 is 28.0 Å². The Bertz CT molecular complexity index is 1250. The topological polar surface area (TPSA) is 138 Å². The van der Waals surface area contributed by atoms with E-state index in [-0.39, 0.29) is 17.9 Å². The smallest absolute Gasteiger partial charge is 0.261 e. The summed E-state index contributed by atoms with van der Waals surface area (Å²) in [6.45, 7) is -0.144. The van der Waals surface area contributed by atoms with E-state index in [9.17, 15) is 18.0 Å². The molecule has 3 N–H and O–H groups in total. The zero-order chi connectivity index (χ0) is 24.1. The van der Waals surface area contributed by atoms with Crippen molar-refractivity contribution in [3.05, 3.63) is 84.7 Å². The van der Waals surface area contributed by atoms with Gasteiger partial charge in [-0.1, -0.05) is 18.2 Å². The van der Waals surface area contributed by atoms with E-state index >= 15 is 0 Å². The first kappa shape index (κ1) is 23.4. The number of pyridine rings is 1. The SMILES string of the molecule is O=C(N[C@H]1C[C@@H](C(=O)NO)N(S(=O)(=O)c2ccc(Oc3ccccc3)cc2)C1)c1cccnc1. The maximum atomic E-state index is 13.3. The zero-order valence-corrected chi connectivity index (χ0v) is 18.7. The first-order valence-electron chi connectivity index (χ1n) is 10.4. The summed E-state index contributed by atoms with van der Waals surface area (Å²) in [7, 11) is -4.12. The van der Waals surface area contributed by atoms with Gasteiger partial charge in [0, 0.05) is 25.0 Å². The van der Waals surface area contributed by atoms with E-state index in [1.807, 2.05) is 18.2 Å². The summed E-state index contributed by atoms with van der Waals surface area (Å²) in [5.41, 5.74) is 1.82. The van der Waals surface area contributed by atoms with E-state index in [1.54, 1.807) is 24.3 Å². The summed E-state index contributed by atoms with van der Waals surface area (Å²) < 4.78 is 33.3. The number of hydrogen-bond donors (Lipinski definition) is 3. The van der Waals surface area contributed by atoms with Gasteiger partial charge in [0.05, 0.1) is 10.5 Å². The molecule has 3 aromatic rings. The molecule has 0 spiro atoms.